The van der Waals surface area contributed by atoms with Crippen molar-refractivity contribution < 1.29 is 19.0 Å². The molecular weight excluding hydrogens is 425 g/mol. The van der Waals surface area contributed by atoms with Gasteiger partial charge in [0.05, 0.1) is 18.1 Å². The average Bonchev–Trinajstić information content (AvgIpc) is 3.05. The van der Waals surface area contributed by atoms with Gasteiger partial charge in [0.25, 0.3) is 0 Å². The topological polar surface area (TPSA) is 48.0 Å². The third-order valence-electron chi connectivity index (χ3n) is 6.30. The summed E-state index contributed by atoms with van der Waals surface area (Å²) < 4.78 is 17.7. The third kappa shape index (κ3) is 2.95. The molecule has 0 radical (unpaired) electrons. The molecule has 156 valence electrons. The Kier molecular flexibility index (Phi) is 4.64. The Morgan fingerprint density at radius 3 is 2.73 bits per heavy atom. The van der Waals surface area contributed by atoms with Gasteiger partial charge in [0.1, 0.15) is 12.2 Å². The molecular formula is C23H21Cl2NO4. The summed E-state index contributed by atoms with van der Waals surface area (Å²) in [5.41, 5.74) is 2.44. The van der Waals surface area contributed by atoms with Gasteiger partial charge in [0.2, 0.25) is 0 Å². The molecule has 0 saturated heterocycles. The van der Waals surface area contributed by atoms with Crippen LogP contribution in [-0.2, 0) is 10.2 Å². The lowest BCUT2D eigenvalue weighted by Gasteiger charge is -2.42. The molecule has 1 aliphatic carbocycles. The van der Waals surface area contributed by atoms with Gasteiger partial charge in [-0.1, -0.05) is 29.3 Å². The molecule has 2 aliphatic heterocycles. The number of carbonyl (C=O) groups is 1. The Morgan fingerprint density at radius 1 is 1.23 bits per heavy atom. The van der Waals surface area contributed by atoms with Crippen LogP contribution in [0.4, 0.5) is 5.69 Å². The van der Waals surface area contributed by atoms with Gasteiger partial charge in [0, 0.05) is 41.3 Å². The molecule has 3 aliphatic rings. The van der Waals surface area contributed by atoms with Crippen molar-refractivity contribution in [1.82, 2.24) is 0 Å². The van der Waals surface area contributed by atoms with Gasteiger partial charge in [-0.15, -0.1) is 0 Å². The highest BCUT2D eigenvalue weighted by Crippen LogP contribution is 2.58. The molecule has 1 spiro atoms. The van der Waals surface area contributed by atoms with E-state index in [0.29, 0.717) is 22.0 Å². The Bertz CT molecular complexity index is 1050. The Labute approximate surface area is 185 Å². The molecule has 30 heavy (non-hydrogen) atoms. The highest BCUT2D eigenvalue weighted by atomic mass is 35.5. The van der Waals surface area contributed by atoms with Crippen LogP contribution in [0.5, 0.6) is 11.5 Å². The van der Waals surface area contributed by atoms with Crippen LogP contribution < -0.4 is 14.4 Å². The smallest absolute Gasteiger partial charge is 0.338 e. The number of methoxy groups -OCH3 is 1. The van der Waals surface area contributed by atoms with Crippen LogP contribution in [0.25, 0.3) is 0 Å². The average molecular weight is 446 g/mol. The molecule has 2 aromatic carbocycles. The first-order valence-corrected chi connectivity index (χ1v) is 10.6. The largest absolute Gasteiger partial charge is 0.493 e. The third-order valence-corrected chi connectivity index (χ3v) is 6.74. The summed E-state index contributed by atoms with van der Waals surface area (Å²) in [5.74, 6) is 1.07. The number of nitrogens with zero attached hydrogens (tertiary/aromatic N) is 1. The zero-order valence-electron chi connectivity index (χ0n) is 16.7. The summed E-state index contributed by atoms with van der Waals surface area (Å²) in [6, 6.07) is 8.73. The minimum atomic E-state index is -0.456. The van der Waals surface area contributed by atoms with Crippen LogP contribution in [0.15, 0.2) is 42.5 Å². The Balaban J connectivity index is 1.44. The molecule has 5 rings (SSSR count). The van der Waals surface area contributed by atoms with E-state index in [1.54, 1.807) is 25.3 Å². The number of carbonyl (C=O) groups excluding carboxylic acids is 1. The van der Waals surface area contributed by atoms with Crippen LogP contribution >= 0.6 is 23.2 Å². The van der Waals surface area contributed by atoms with Gasteiger partial charge in [-0.2, -0.15) is 0 Å². The van der Waals surface area contributed by atoms with E-state index < -0.39 is 12.1 Å². The van der Waals surface area contributed by atoms with Gasteiger partial charge < -0.3 is 19.1 Å². The monoisotopic (exact) mass is 445 g/mol. The molecule has 3 atom stereocenters. The lowest BCUT2D eigenvalue weighted by atomic mass is 9.67. The summed E-state index contributed by atoms with van der Waals surface area (Å²) in [4.78, 5) is 14.9. The van der Waals surface area contributed by atoms with E-state index in [1.807, 2.05) is 12.1 Å². The number of ether oxygens (including phenoxy) is 3. The van der Waals surface area contributed by atoms with E-state index in [-0.39, 0.29) is 11.5 Å². The van der Waals surface area contributed by atoms with E-state index in [1.165, 1.54) is 5.56 Å². The number of esters is 1. The minimum absolute atomic E-state index is 0.123. The summed E-state index contributed by atoms with van der Waals surface area (Å²) >= 11 is 12.0. The summed E-state index contributed by atoms with van der Waals surface area (Å²) in [5, 5.41) is 0.793. The number of hydrogen-bond acceptors (Lipinski definition) is 5. The van der Waals surface area contributed by atoms with Gasteiger partial charge >= 0.3 is 5.97 Å². The van der Waals surface area contributed by atoms with E-state index >= 15 is 0 Å². The number of benzene rings is 2. The van der Waals surface area contributed by atoms with E-state index in [4.69, 9.17) is 37.4 Å². The van der Waals surface area contributed by atoms with E-state index in [2.05, 4.69) is 24.1 Å². The van der Waals surface area contributed by atoms with Crippen LogP contribution in [0.1, 0.15) is 28.8 Å². The van der Waals surface area contributed by atoms with Gasteiger partial charge in [-0.3, -0.25) is 0 Å². The van der Waals surface area contributed by atoms with Crippen molar-refractivity contribution in [2.45, 2.75) is 30.5 Å². The maximum atomic E-state index is 12.6. The number of halogens is 2. The predicted molar refractivity (Wildman–Crippen MR) is 116 cm³/mol. The van der Waals surface area contributed by atoms with Crippen molar-refractivity contribution in [3.05, 3.63) is 63.7 Å². The second-order valence-corrected chi connectivity index (χ2v) is 8.88. The molecule has 0 fully saturated rings. The van der Waals surface area contributed by atoms with Crippen molar-refractivity contribution in [3.63, 3.8) is 0 Å². The summed E-state index contributed by atoms with van der Waals surface area (Å²) in [6.07, 6.45) is 5.12. The number of hydrogen-bond donors (Lipinski definition) is 0. The zero-order valence-corrected chi connectivity index (χ0v) is 18.2. The maximum absolute atomic E-state index is 12.6. The summed E-state index contributed by atoms with van der Waals surface area (Å²) in [6.45, 7) is 0.925. The molecule has 0 N–H and O–H groups in total. The SMILES string of the molecule is COc1ccc2c3c1OC1C[C@@H](OC(=O)c4cc(Cl)cc(Cl)c4)C=C[C@@]31CCN2C. The van der Waals surface area contributed by atoms with Crippen LogP contribution in [0.3, 0.4) is 0 Å². The maximum Gasteiger partial charge on any atom is 0.338 e. The number of rotatable bonds is 3. The fourth-order valence-corrected chi connectivity index (χ4v) is 5.36. The van der Waals surface area contributed by atoms with Crippen LogP contribution in [0.2, 0.25) is 10.0 Å². The van der Waals surface area contributed by atoms with Crippen molar-refractivity contribution in [2.75, 3.05) is 25.6 Å². The molecule has 0 aromatic heterocycles. The molecule has 5 nitrogen and oxygen atoms in total. The summed E-state index contributed by atoms with van der Waals surface area (Å²) in [7, 11) is 3.74. The van der Waals surface area contributed by atoms with Crippen LogP contribution in [0, 0.1) is 0 Å². The zero-order chi connectivity index (χ0) is 21.0. The molecule has 7 heteroatoms. The molecule has 0 bridgehead atoms. The fourth-order valence-electron chi connectivity index (χ4n) is 4.83. The second-order valence-electron chi connectivity index (χ2n) is 8.01. The highest BCUT2D eigenvalue weighted by molar-refractivity contribution is 6.35. The first-order chi connectivity index (χ1) is 14.4. The first-order valence-electron chi connectivity index (χ1n) is 9.87. The van der Waals surface area contributed by atoms with Crippen molar-refractivity contribution in [1.29, 1.82) is 0 Å². The highest BCUT2D eigenvalue weighted by Gasteiger charge is 2.54. The molecule has 0 amide bonds. The van der Waals surface area contributed by atoms with Crippen molar-refractivity contribution >= 4 is 34.9 Å². The Morgan fingerprint density at radius 2 is 2.00 bits per heavy atom. The molecule has 2 heterocycles. The second kappa shape index (κ2) is 7.10. The first kappa shape index (κ1) is 19.6. The molecule has 0 saturated carbocycles. The van der Waals surface area contributed by atoms with Gasteiger partial charge in [-0.25, -0.2) is 4.79 Å². The van der Waals surface area contributed by atoms with Gasteiger partial charge in [0.15, 0.2) is 11.5 Å². The predicted octanol–water partition coefficient (Wildman–Crippen LogP) is 5.03. The molecule has 2 aromatic rings. The van der Waals surface area contributed by atoms with Crippen molar-refractivity contribution in [3.8, 4) is 11.5 Å². The lowest BCUT2D eigenvalue weighted by molar-refractivity contribution is 0.0221. The Hall–Kier alpha value is -2.37. The number of anilines is 1. The standard InChI is InChI=1S/C23H21Cl2NO4/c1-26-8-7-23-6-5-16(29-22(27)13-9-14(24)11-15(25)10-13)12-19(23)30-21-18(28-2)4-3-17(26)20(21)23/h3-6,9-11,16,19H,7-8,12H2,1-2H3/t16-,19?,23-/m0/s1. The quantitative estimate of drug-likeness (QED) is 0.489. The van der Waals surface area contributed by atoms with Crippen LogP contribution in [-0.4, -0.2) is 38.9 Å². The molecule has 1 unspecified atom stereocenters. The van der Waals surface area contributed by atoms with Crippen molar-refractivity contribution in [2.24, 2.45) is 0 Å². The lowest BCUT2D eigenvalue weighted by Crippen LogP contribution is -2.47. The van der Waals surface area contributed by atoms with E-state index in [0.717, 1.165) is 30.2 Å². The van der Waals surface area contributed by atoms with E-state index in [9.17, 15) is 4.79 Å². The fraction of sp³-hybridized carbons (Fsp3) is 0.348. The minimum Gasteiger partial charge on any atom is -0.493 e. The normalized spacial score (nSPS) is 25.9. The van der Waals surface area contributed by atoms with Gasteiger partial charge in [-0.05, 0) is 42.8 Å².